The summed E-state index contributed by atoms with van der Waals surface area (Å²) in [7, 11) is 0. The van der Waals surface area contributed by atoms with E-state index in [4.69, 9.17) is 14.2 Å². The zero-order valence-corrected chi connectivity index (χ0v) is 21.5. The first-order chi connectivity index (χ1) is 18.1. The van der Waals surface area contributed by atoms with Gasteiger partial charge < -0.3 is 24.6 Å². The highest BCUT2D eigenvalue weighted by Gasteiger charge is 2.38. The van der Waals surface area contributed by atoms with Gasteiger partial charge in [-0.1, -0.05) is 30.3 Å². The second-order valence-corrected chi connectivity index (χ2v) is 10.5. The standard InChI is InChI=1S/C28H33N3O5S/c32-21-16-31(17-28-29-12-13-37-28)25-11-10-24(36-26(25)19-34-18-21)14-27(33)30-15-20-6-8-23(9-7-20)35-22-4-2-1-3-5-22/h1-9,12-13,21,24-26,32H,10-11,14-19H2,(H,30,33)/t21-,24-,25+,26-/m1/s1. The molecule has 1 amide bonds. The zero-order chi connectivity index (χ0) is 25.5. The molecule has 0 bridgehead atoms. The lowest BCUT2D eigenvalue weighted by molar-refractivity contribution is -0.158. The molecule has 3 heterocycles. The van der Waals surface area contributed by atoms with Gasteiger partial charge in [-0.2, -0.15) is 0 Å². The van der Waals surface area contributed by atoms with Crippen LogP contribution in [0.15, 0.2) is 66.2 Å². The SMILES string of the molecule is O=C(C[C@H]1CC[C@H]2[C@@H](COC[C@H](O)CN2Cc2nccs2)O1)NCc1ccc(Oc2ccccc2)cc1. The molecular weight excluding hydrogens is 490 g/mol. The first kappa shape index (κ1) is 25.8. The number of hydrogen-bond acceptors (Lipinski definition) is 8. The number of carbonyl (C=O) groups is 1. The minimum Gasteiger partial charge on any atom is -0.457 e. The molecule has 1 aromatic heterocycles. The lowest BCUT2D eigenvalue weighted by atomic mass is 9.94. The highest BCUT2D eigenvalue weighted by molar-refractivity contribution is 7.09. The molecule has 0 aliphatic carbocycles. The van der Waals surface area contributed by atoms with Crippen molar-refractivity contribution < 1.29 is 24.1 Å². The number of carbonyl (C=O) groups excluding carboxylic acids is 1. The maximum Gasteiger partial charge on any atom is 0.222 e. The molecule has 2 N–H and O–H groups in total. The maximum atomic E-state index is 12.7. The van der Waals surface area contributed by atoms with Gasteiger partial charge in [0.05, 0.1) is 44.5 Å². The molecule has 0 radical (unpaired) electrons. The third-order valence-corrected chi connectivity index (χ3v) is 7.48. The van der Waals surface area contributed by atoms with Crippen LogP contribution in [-0.2, 0) is 27.4 Å². The van der Waals surface area contributed by atoms with Crippen molar-refractivity contribution in [1.82, 2.24) is 15.2 Å². The predicted molar refractivity (Wildman–Crippen MR) is 140 cm³/mol. The molecule has 2 aromatic carbocycles. The van der Waals surface area contributed by atoms with Gasteiger partial charge in [-0.05, 0) is 42.7 Å². The molecule has 2 fully saturated rings. The van der Waals surface area contributed by atoms with E-state index >= 15 is 0 Å². The Kier molecular flexibility index (Phi) is 8.80. The van der Waals surface area contributed by atoms with Gasteiger partial charge in [-0.25, -0.2) is 4.98 Å². The van der Waals surface area contributed by atoms with Crippen LogP contribution in [0.5, 0.6) is 11.5 Å². The highest BCUT2D eigenvalue weighted by atomic mass is 32.1. The number of nitrogens with zero attached hydrogens (tertiary/aromatic N) is 2. The van der Waals surface area contributed by atoms with Crippen molar-refractivity contribution in [2.45, 2.75) is 56.7 Å². The Bertz CT molecular complexity index is 1110. The molecule has 2 aliphatic rings. The van der Waals surface area contributed by atoms with Gasteiger partial charge in [-0.3, -0.25) is 9.69 Å². The number of nitrogens with one attached hydrogen (secondary N) is 1. The van der Waals surface area contributed by atoms with Crippen LogP contribution in [0.4, 0.5) is 0 Å². The van der Waals surface area contributed by atoms with Gasteiger partial charge in [0.2, 0.25) is 5.91 Å². The maximum absolute atomic E-state index is 12.7. The van der Waals surface area contributed by atoms with Gasteiger partial charge in [0.15, 0.2) is 0 Å². The van der Waals surface area contributed by atoms with Gasteiger partial charge in [0, 0.05) is 30.7 Å². The molecule has 0 saturated carbocycles. The summed E-state index contributed by atoms with van der Waals surface area (Å²) in [4.78, 5) is 19.4. The lowest BCUT2D eigenvalue weighted by Gasteiger charge is -2.44. The summed E-state index contributed by atoms with van der Waals surface area (Å²) >= 11 is 1.62. The average molecular weight is 524 g/mol. The third kappa shape index (κ3) is 7.37. The average Bonchev–Trinajstić information content (AvgIpc) is 3.41. The van der Waals surface area contributed by atoms with Crippen LogP contribution in [0.3, 0.4) is 0 Å². The van der Waals surface area contributed by atoms with Crippen LogP contribution in [0.1, 0.15) is 29.8 Å². The van der Waals surface area contributed by atoms with Crippen molar-refractivity contribution in [3.05, 3.63) is 76.7 Å². The molecule has 37 heavy (non-hydrogen) atoms. The van der Waals surface area contributed by atoms with E-state index in [0.29, 0.717) is 32.7 Å². The number of thiazole rings is 1. The summed E-state index contributed by atoms with van der Waals surface area (Å²) in [5.74, 6) is 1.51. The van der Waals surface area contributed by atoms with Gasteiger partial charge in [-0.15, -0.1) is 11.3 Å². The van der Waals surface area contributed by atoms with Crippen molar-refractivity contribution >= 4 is 17.2 Å². The van der Waals surface area contributed by atoms with E-state index in [9.17, 15) is 9.90 Å². The van der Waals surface area contributed by atoms with Gasteiger partial charge in [0.1, 0.15) is 16.5 Å². The number of benzene rings is 2. The van der Waals surface area contributed by atoms with E-state index in [1.807, 2.05) is 60.0 Å². The van der Waals surface area contributed by atoms with E-state index in [0.717, 1.165) is 34.9 Å². The van der Waals surface area contributed by atoms with E-state index in [2.05, 4.69) is 15.2 Å². The van der Waals surface area contributed by atoms with Crippen molar-refractivity contribution in [3.8, 4) is 11.5 Å². The summed E-state index contributed by atoms with van der Waals surface area (Å²) in [6, 6.07) is 17.5. The smallest absolute Gasteiger partial charge is 0.222 e. The molecule has 2 aliphatic heterocycles. The number of amides is 1. The van der Waals surface area contributed by atoms with E-state index in [-0.39, 0.29) is 30.8 Å². The van der Waals surface area contributed by atoms with Gasteiger partial charge in [0.25, 0.3) is 0 Å². The molecule has 4 atom stereocenters. The largest absolute Gasteiger partial charge is 0.457 e. The molecular formula is C28H33N3O5S. The van der Waals surface area contributed by atoms with E-state index in [1.165, 1.54) is 0 Å². The fraction of sp³-hybridized carbons (Fsp3) is 0.429. The normalized spacial score (nSPS) is 24.5. The van der Waals surface area contributed by atoms with Crippen LogP contribution < -0.4 is 10.1 Å². The quantitative estimate of drug-likeness (QED) is 0.465. The molecule has 2 saturated heterocycles. The van der Waals surface area contributed by atoms with Crippen molar-refractivity contribution in [3.63, 3.8) is 0 Å². The molecule has 5 rings (SSSR count). The minimum atomic E-state index is -0.539. The molecule has 8 nitrogen and oxygen atoms in total. The summed E-state index contributed by atoms with van der Waals surface area (Å²) in [6.07, 6.45) is 2.95. The minimum absolute atomic E-state index is 0.0325. The Morgan fingerprint density at radius 2 is 1.92 bits per heavy atom. The van der Waals surface area contributed by atoms with Crippen LogP contribution >= 0.6 is 11.3 Å². The topological polar surface area (TPSA) is 93.2 Å². The Labute approximate surface area is 221 Å². The summed E-state index contributed by atoms with van der Waals surface area (Å²) in [5.41, 5.74) is 1.00. The van der Waals surface area contributed by atoms with Crippen LogP contribution in [0, 0.1) is 0 Å². The molecule has 0 spiro atoms. The van der Waals surface area contributed by atoms with Gasteiger partial charge >= 0.3 is 0 Å². The number of para-hydroxylation sites is 1. The second-order valence-electron chi connectivity index (χ2n) is 9.53. The number of hydrogen-bond donors (Lipinski definition) is 2. The van der Waals surface area contributed by atoms with E-state index in [1.54, 1.807) is 17.5 Å². The fourth-order valence-corrected chi connectivity index (χ4v) is 5.55. The van der Waals surface area contributed by atoms with Crippen LogP contribution in [0.2, 0.25) is 0 Å². The van der Waals surface area contributed by atoms with Crippen molar-refractivity contribution in [1.29, 1.82) is 0 Å². The number of fused-ring (bicyclic) bond motifs is 1. The molecule has 0 unspecified atom stereocenters. The number of β-amino-alcohol motifs (C(OH)–C–C–N with tert-alkyl or cyclic N) is 1. The number of rotatable bonds is 8. The number of aliphatic hydroxyl groups is 1. The predicted octanol–water partition coefficient (Wildman–Crippen LogP) is 3.75. The Morgan fingerprint density at radius 1 is 1.11 bits per heavy atom. The summed E-state index contributed by atoms with van der Waals surface area (Å²) in [6.45, 7) is 2.34. The van der Waals surface area contributed by atoms with Crippen LogP contribution in [-0.4, -0.2) is 65.0 Å². The fourth-order valence-electron chi connectivity index (χ4n) is 4.91. The Morgan fingerprint density at radius 3 is 2.70 bits per heavy atom. The molecule has 9 heteroatoms. The number of aromatic nitrogens is 1. The van der Waals surface area contributed by atoms with E-state index < -0.39 is 6.10 Å². The Balaban J connectivity index is 1.10. The first-order valence-corrected chi connectivity index (χ1v) is 13.6. The second kappa shape index (κ2) is 12.6. The summed E-state index contributed by atoms with van der Waals surface area (Å²) in [5, 5.41) is 16.3. The first-order valence-electron chi connectivity index (χ1n) is 12.7. The highest BCUT2D eigenvalue weighted by Crippen LogP contribution is 2.29. The zero-order valence-electron chi connectivity index (χ0n) is 20.7. The summed E-state index contributed by atoms with van der Waals surface area (Å²) < 4.78 is 17.9. The number of ether oxygens (including phenoxy) is 3. The Hall–Kier alpha value is -2.82. The number of aliphatic hydroxyl groups excluding tert-OH is 1. The third-order valence-electron chi connectivity index (χ3n) is 6.71. The molecule has 3 aromatic rings. The molecule has 196 valence electrons. The van der Waals surface area contributed by atoms with Crippen molar-refractivity contribution in [2.75, 3.05) is 19.8 Å². The lowest BCUT2D eigenvalue weighted by Crippen LogP contribution is -2.55. The monoisotopic (exact) mass is 523 g/mol. The van der Waals surface area contributed by atoms with Crippen molar-refractivity contribution in [2.24, 2.45) is 0 Å². The van der Waals surface area contributed by atoms with Crippen LogP contribution in [0.25, 0.3) is 0 Å².